The topological polar surface area (TPSA) is 95.6 Å². The van der Waals surface area contributed by atoms with Crippen molar-refractivity contribution in [3.63, 3.8) is 0 Å². The molecule has 2 aromatic rings. The number of hydrogen-bond donors (Lipinski definition) is 1. The normalized spacial score (nSPS) is 20.2. The molecule has 0 aromatic heterocycles. The third kappa shape index (κ3) is 3.08. The molecule has 168 valence electrons. The first-order valence-corrected chi connectivity index (χ1v) is 10.4. The minimum absolute atomic E-state index is 0.115. The van der Waals surface area contributed by atoms with Crippen LogP contribution in [-0.4, -0.2) is 65.6 Å². The molecule has 2 aromatic carbocycles. The van der Waals surface area contributed by atoms with E-state index in [4.69, 9.17) is 23.7 Å². The molecule has 0 aliphatic carbocycles. The number of likely N-dealkylation sites (N-methyl/N-ethyl adjacent to an activating group) is 1. The summed E-state index contributed by atoms with van der Waals surface area (Å²) in [4.78, 5) is 27.8. The Labute approximate surface area is 185 Å². The van der Waals surface area contributed by atoms with E-state index in [9.17, 15) is 9.59 Å². The highest BCUT2D eigenvalue weighted by molar-refractivity contribution is 6.14. The zero-order chi connectivity index (χ0) is 22.3. The first kappa shape index (κ1) is 20.6. The molecule has 3 aliphatic rings. The van der Waals surface area contributed by atoms with Crippen LogP contribution in [0.3, 0.4) is 0 Å². The van der Waals surface area contributed by atoms with Gasteiger partial charge in [0.25, 0.3) is 0 Å². The van der Waals surface area contributed by atoms with Gasteiger partial charge in [0.15, 0.2) is 11.5 Å². The molecule has 5 rings (SSSR count). The maximum atomic E-state index is 13.6. The van der Waals surface area contributed by atoms with Gasteiger partial charge in [0.05, 0.1) is 18.9 Å². The van der Waals surface area contributed by atoms with Gasteiger partial charge in [-0.25, -0.2) is 0 Å². The summed E-state index contributed by atoms with van der Waals surface area (Å²) in [6, 6.07) is 9.06. The van der Waals surface area contributed by atoms with Crippen molar-refractivity contribution in [3.8, 4) is 17.2 Å². The lowest BCUT2D eigenvalue weighted by Gasteiger charge is -2.25. The number of nitrogens with one attached hydrogen (secondary N) is 1. The number of carbonyl (C=O) groups excluding carboxylic acids is 2. The third-order valence-electron chi connectivity index (χ3n) is 5.99. The summed E-state index contributed by atoms with van der Waals surface area (Å²) in [7, 11) is 3.30. The molecule has 1 spiro atoms. The number of rotatable bonds is 6. The second kappa shape index (κ2) is 7.99. The van der Waals surface area contributed by atoms with Crippen LogP contribution >= 0.6 is 0 Å². The summed E-state index contributed by atoms with van der Waals surface area (Å²) < 4.78 is 27.7. The van der Waals surface area contributed by atoms with Crippen molar-refractivity contribution < 1.29 is 33.3 Å². The molecule has 3 heterocycles. The fourth-order valence-corrected chi connectivity index (χ4v) is 4.54. The number of carbonyl (C=O) groups is 2. The average Bonchev–Trinajstić information content (AvgIpc) is 3.27. The Hall–Kier alpha value is -3.30. The minimum atomic E-state index is -1.09. The molecule has 9 nitrogen and oxygen atoms in total. The van der Waals surface area contributed by atoms with Gasteiger partial charge in [-0.3, -0.25) is 9.59 Å². The van der Waals surface area contributed by atoms with E-state index in [0.29, 0.717) is 60.5 Å². The van der Waals surface area contributed by atoms with Crippen LogP contribution < -0.4 is 24.4 Å². The van der Waals surface area contributed by atoms with Crippen LogP contribution in [0.4, 0.5) is 11.4 Å². The van der Waals surface area contributed by atoms with Crippen LogP contribution in [0.1, 0.15) is 11.1 Å². The molecular weight excluding hydrogens is 416 g/mol. The van der Waals surface area contributed by atoms with Crippen molar-refractivity contribution in [1.29, 1.82) is 0 Å². The van der Waals surface area contributed by atoms with Gasteiger partial charge >= 0.3 is 0 Å². The summed E-state index contributed by atoms with van der Waals surface area (Å²) in [5.41, 5.74) is 1.59. The van der Waals surface area contributed by atoms with Crippen LogP contribution in [0.5, 0.6) is 17.2 Å². The molecular formula is C23H24N2O7. The maximum absolute atomic E-state index is 13.6. The lowest BCUT2D eigenvalue weighted by Crippen LogP contribution is -2.41. The number of amides is 2. The number of methoxy groups -OCH3 is 1. The van der Waals surface area contributed by atoms with Gasteiger partial charge in [-0.2, -0.15) is 0 Å². The fraction of sp³-hybridized carbons (Fsp3) is 0.391. The number of anilines is 2. The molecule has 0 saturated heterocycles. The molecule has 2 amide bonds. The third-order valence-corrected chi connectivity index (χ3v) is 5.99. The van der Waals surface area contributed by atoms with Crippen molar-refractivity contribution in [2.45, 2.75) is 5.41 Å². The van der Waals surface area contributed by atoms with E-state index in [0.717, 1.165) is 5.69 Å². The first-order chi connectivity index (χ1) is 15.6. The number of ether oxygens (including phenoxy) is 5. The molecule has 0 radical (unpaired) electrons. The van der Waals surface area contributed by atoms with Crippen LogP contribution in [0.2, 0.25) is 0 Å². The standard InChI is InChI=1S/C23H24N2O7/c1-25-16-5-3-4-15(24-20(26)12-29-7-6-28-2)21(16)23(22(25)27)13-32-17-11-19-18(10-14(17)23)30-8-9-31-19/h3-5,10-11H,6-9,12-13H2,1-2H3,(H,24,26). The summed E-state index contributed by atoms with van der Waals surface area (Å²) >= 11 is 0. The van der Waals surface area contributed by atoms with Crippen LogP contribution in [0, 0.1) is 0 Å². The number of nitrogens with zero attached hydrogens (tertiary/aromatic N) is 1. The van der Waals surface area contributed by atoms with Gasteiger partial charge in [0, 0.05) is 37.0 Å². The fourth-order valence-electron chi connectivity index (χ4n) is 4.54. The molecule has 1 N–H and O–H groups in total. The van der Waals surface area contributed by atoms with E-state index in [1.165, 1.54) is 0 Å². The monoisotopic (exact) mass is 440 g/mol. The SMILES string of the molecule is COCCOCC(=O)Nc1cccc2c1C1(COc3cc4c(cc31)OCCO4)C(=O)N2C. The summed E-state index contributed by atoms with van der Waals surface area (Å²) in [5, 5.41) is 2.91. The van der Waals surface area contributed by atoms with E-state index in [2.05, 4.69) is 5.32 Å². The second-order valence-electron chi connectivity index (χ2n) is 7.84. The van der Waals surface area contributed by atoms with Crippen molar-refractivity contribution in [2.75, 3.05) is 64.0 Å². The Balaban J connectivity index is 1.54. The average molecular weight is 440 g/mol. The van der Waals surface area contributed by atoms with E-state index in [-0.39, 0.29) is 25.0 Å². The highest BCUT2D eigenvalue weighted by atomic mass is 16.6. The Kier molecular flexibility index (Phi) is 5.15. The first-order valence-electron chi connectivity index (χ1n) is 10.4. The molecule has 9 heteroatoms. The maximum Gasteiger partial charge on any atom is 0.250 e. The van der Waals surface area contributed by atoms with Crippen LogP contribution in [0.25, 0.3) is 0 Å². The largest absolute Gasteiger partial charge is 0.491 e. The van der Waals surface area contributed by atoms with Crippen molar-refractivity contribution >= 4 is 23.2 Å². The number of benzene rings is 2. The predicted molar refractivity (Wildman–Crippen MR) is 115 cm³/mol. The van der Waals surface area contributed by atoms with Gasteiger partial charge in [0.2, 0.25) is 11.8 Å². The molecule has 0 saturated carbocycles. The highest BCUT2D eigenvalue weighted by Gasteiger charge is 2.57. The number of fused-ring (bicyclic) bond motifs is 5. The van der Waals surface area contributed by atoms with Crippen LogP contribution in [0.15, 0.2) is 30.3 Å². The molecule has 0 bridgehead atoms. The number of hydrogen-bond acceptors (Lipinski definition) is 7. The summed E-state index contributed by atoms with van der Waals surface area (Å²) in [6.45, 7) is 1.63. The molecule has 1 atom stereocenters. The Morgan fingerprint density at radius 3 is 2.69 bits per heavy atom. The second-order valence-corrected chi connectivity index (χ2v) is 7.84. The molecule has 1 unspecified atom stereocenters. The van der Waals surface area contributed by atoms with Crippen molar-refractivity contribution in [1.82, 2.24) is 0 Å². The molecule has 0 fully saturated rings. The summed E-state index contributed by atoms with van der Waals surface area (Å²) in [6.07, 6.45) is 0. The lowest BCUT2D eigenvalue weighted by molar-refractivity contribution is -0.122. The van der Waals surface area contributed by atoms with E-state index in [1.807, 2.05) is 18.2 Å². The zero-order valence-corrected chi connectivity index (χ0v) is 17.9. The van der Waals surface area contributed by atoms with E-state index in [1.54, 1.807) is 31.2 Å². The van der Waals surface area contributed by atoms with Gasteiger partial charge < -0.3 is 33.9 Å². The van der Waals surface area contributed by atoms with Crippen molar-refractivity contribution in [3.05, 3.63) is 41.5 Å². The smallest absolute Gasteiger partial charge is 0.250 e. The van der Waals surface area contributed by atoms with Gasteiger partial charge in [-0.15, -0.1) is 0 Å². The van der Waals surface area contributed by atoms with E-state index < -0.39 is 5.41 Å². The zero-order valence-electron chi connectivity index (χ0n) is 17.9. The minimum Gasteiger partial charge on any atom is -0.491 e. The Morgan fingerprint density at radius 2 is 1.91 bits per heavy atom. The van der Waals surface area contributed by atoms with Gasteiger partial charge in [0.1, 0.15) is 37.6 Å². The highest BCUT2D eigenvalue weighted by Crippen LogP contribution is 2.56. The van der Waals surface area contributed by atoms with Crippen molar-refractivity contribution in [2.24, 2.45) is 0 Å². The summed E-state index contributed by atoms with van der Waals surface area (Å²) in [5.74, 6) is 1.32. The molecule has 3 aliphatic heterocycles. The Bertz CT molecular complexity index is 1090. The van der Waals surface area contributed by atoms with Gasteiger partial charge in [-0.05, 0) is 18.2 Å². The lowest BCUT2D eigenvalue weighted by atomic mass is 9.76. The predicted octanol–water partition coefficient (Wildman–Crippen LogP) is 1.71. The van der Waals surface area contributed by atoms with E-state index >= 15 is 0 Å². The van der Waals surface area contributed by atoms with Crippen LogP contribution in [-0.2, 0) is 24.5 Å². The Morgan fingerprint density at radius 1 is 1.12 bits per heavy atom. The molecule has 32 heavy (non-hydrogen) atoms. The van der Waals surface area contributed by atoms with Gasteiger partial charge in [-0.1, -0.05) is 6.07 Å². The quantitative estimate of drug-likeness (QED) is 0.684.